The Hall–Kier alpha value is -2.62. The van der Waals surface area contributed by atoms with E-state index >= 15 is 0 Å². The molecule has 2 aromatic carbocycles. The number of fused-ring (bicyclic) bond motifs is 2. The van der Waals surface area contributed by atoms with Crippen LogP contribution in [0.25, 0.3) is 21.9 Å². The maximum Gasteiger partial charge on any atom is 0.308 e. The summed E-state index contributed by atoms with van der Waals surface area (Å²) in [5.74, 6) is -0.170. The minimum absolute atomic E-state index is 0.104. The van der Waals surface area contributed by atoms with Crippen molar-refractivity contribution in [3.8, 4) is 5.75 Å². The molecule has 0 radical (unpaired) electrons. The topological polar surface area (TPSA) is 56.5 Å². The van der Waals surface area contributed by atoms with Crippen LogP contribution in [0.15, 0.2) is 39.5 Å². The predicted molar refractivity (Wildman–Crippen MR) is 90.1 cm³/mol. The van der Waals surface area contributed by atoms with E-state index in [9.17, 15) is 9.59 Å². The normalized spacial score (nSPS) is 11.1. The SMILES string of the molecule is CCc1ccc2c(=O)c3cccc(OC(C)=O)c3oc2c1CC. The van der Waals surface area contributed by atoms with Gasteiger partial charge in [-0.2, -0.15) is 0 Å². The lowest BCUT2D eigenvalue weighted by Gasteiger charge is -2.11. The maximum atomic E-state index is 12.8. The van der Waals surface area contributed by atoms with Crippen LogP contribution in [-0.2, 0) is 17.6 Å². The van der Waals surface area contributed by atoms with Crippen molar-refractivity contribution in [2.24, 2.45) is 0 Å². The molecule has 4 nitrogen and oxygen atoms in total. The van der Waals surface area contributed by atoms with E-state index in [-0.39, 0.29) is 11.2 Å². The van der Waals surface area contributed by atoms with E-state index in [0.717, 1.165) is 24.0 Å². The number of ether oxygens (including phenoxy) is 1. The third-order valence-corrected chi connectivity index (χ3v) is 4.02. The van der Waals surface area contributed by atoms with Gasteiger partial charge in [-0.15, -0.1) is 0 Å². The average molecular weight is 310 g/mol. The largest absolute Gasteiger partial charge is 0.452 e. The third kappa shape index (κ3) is 2.50. The van der Waals surface area contributed by atoms with Crippen LogP contribution in [-0.4, -0.2) is 5.97 Å². The van der Waals surface area contributed by atoms with Gasteiger partial charge in [0, 0.05) is 6.92 Å². The molecule has 118 valence electrons. The first kappa shape index (κ1) is 15.3. The molecule has 0 unspecified atom stereocenters. The molecule has 0 saturated heterocycles. The second-order valence-corrected chi connectivity index (χ2v) is 5.44. The molecule has 0 N–H and O–H groups in total. The molecule has 4 heteroatoms. The number of esters is 1. The fraction of sp³-hybridized carbons (Fsp3) is 0.263. The summed E-state index contributed by atoms with van der Waals surface area (Å²) in [5, 5.41) is 0.981. The molecule has 3 aromatic rings. The average Bonchev–Trinajstić information content (AvgIpc) is 2.54. The molecule has 1 heterocycles. The van der Waals surface area contributed by atoms with E-state index in [1.165, 1.54) is 6.92 Å². The predicted octanol–water partition coefficient (Wildman–Crippen LogP) is 4.00. The summed E-state index contributed by atoms with van der Waals surface area (Å²) in [6, 6.07) is 8.81. The molecule has 1 aromatic heterocycles. The molecular weight excluding hydrogens is 292 g/mol. The number of carbonyl (C=O) groups is 1. The molecule has 0 aliphatic rings. The van der Waals surface area contributed by atoms with Gasteiger partial charge in [0.1, 0.15) is 5.58 Å². The van der Waals surface area contributed by atoms with Crippen LogP contribution in [0, 0.1) is 0 Å². The third-order valence-electron chi connectivity index (χ3n) is 4.02. The first-order valence-electron chi connectivity index (χ1n) is 7.75. The van der Waals surface area contributed by atoms with Gasteiger partial charge in [0.25, 0.3) is 0 Å². The summed E-state index contributed by atoms with van der Waals surface area (Å²) in [6.45, 7) is 5.44. The Balaban J connectivity index is 2.46. The molecule has 0 fully saturated rings. The molecule has 0 spiro atoms. The fourth-order valence-electron chi connectivity index (χ4n) is 2.97. The summed E-state index contributed by atoms with van der Waals surface area (Å²) in [5.41, 5.74) is 2.99. The van der Waals surface area contributed by atoms with Crippen molar-refractivity contribution in [1.29, 1.82) is 0 Å². The van der Waals surface area contributed by atoms with Crippen molar-refractivity contribution in [2.75, 3.05) is 0 Å². The zero-order chi connectivity index (χ0) is 16.6. The molecule has 0 amide bonds. The van der Waals surface area contributed by atoms with Gasteiger partial charge in [-0.25, -0.2) is 0 Å². The number of hydrogen-bond acceptors (Lipinski definition) is 4. The summed E-state index contributed by atoms with van der Waals surface area (Å²) < 4.78 is 11.2. The monoisotopic (exact) mass is 310 g/mol. The number of carbonyl (C=O) groups excluding carboxylic acids is 1. The first-order valence-corrected chi connectivity index (χ1v) is 7.75. The Labute approximate surface area is 133 Å². The second-order valence-electron chi connectivity index (χ2n) is 5.44. The minimum atomic E-state index is -0.446. The van der Waals surface area contributed by atoms with Gasteiger partial charge >= 0.3 is 5.97 Å². The Morgan fingerprint density at radius 1 is 1.04 bits per heavy atom. The van der Waals surface area contributed by atoms with Crippen LogP contribution in [0.1, 0.15) is 31.9 Å². The lowest BCUT2D eigenvalue weighted by atomic mass is 9.99. The fourth-order valence-corrected chi connectivity index (χ4v) is 2.97. The Bertz CT molecular complexity index is 966. The molecule has 3 rings (SSSR count). The van der Waals surface area contributed by atoms with Crippen LogP contribution in [0.3, 0.4) is 0 Å². The van der Waals surface area contributed by atoms with Gasteiger partial charge in [-0.1, -0.05) is 26.0 Å². The van der Waals surface area contributed by atoms with Gasteiger partial charge in [0.2, 0.25) is 5.43 Å². The molecule has 0 aliphatic carbocycles. The van der Waals surface area contributed by atoms with Gasteiger partial charge in [0.05, 0.1) is 10.8 Å². The number of benzene rings is 2. The summed E-state index contributed by atoms with van der Waals surface area (Å²) >= 11 is 0. The summed E-state index contributed by atoms with van der Waals surface area (Å²) in [6.07, 6.45) is 1.64. The molecule has 0 aliphatic heterocycles. The quantitative estimate of drug-likeness (QED) is 0.417. The van der Waals surface area contributed by atoms with Crippen molar-refractivity contribution in [3.05, 3.63) is 51.7 Å². The Morgan fingerprint density at radius 3 is 2.43 bits per heavy atom. The highest BCUT2D eigenvalue weighted by Gasteiger charge is 2.16. The van der Waals surface area contributed by atoms with E-state index in [0.29, 0.717) is 21.9 Å². The van der Waals surface area contributed by atoms with Gasteiger partial charge in [0.15, 0.2) is 11.3 Å². The van der Waals surface area contributed by atoms with E-state index in [1.807, 2.05) is 19.1 Å². The lowest BCUT2D eigenvalue weighted by Crippen LogP contribution is -2.07. The van der Waals surface area contributed by atoms with E-state index < -0.39 is 5.97 Å². The number of aryl methyl sites for hydroxylation is 2. The number of rotatable bonds is 3. The summed E-state index contributed by atoms with van der Waals surface area (Å²) in [7, 11) is 0. The number of hydrogen-bond donors (Lipinski definition) is 0. The van der Waals surface area contributed by atoms with Crippen molar-refractivity contribution in [1.82, 2.24) is 0 Å². The van der Waals surface area contributed by atoms with Gasteiger partial charge in [-0.3, -0.25) is 9.59 Å². The molecule has 0 bridgehead atoms. The van der Waals surface area contributed by atoms with Crippen molar-refractivity contribution in [3.63, 3.8) is 0 Å². The molecule has 0 saturated carbocycles. The van der Waals surface area contributed by atoms with Crippen molar-refractivity contribution < 1.29 is 13.9 Å². The number of para-hydroxylation sites is 1. The van der Waals surface area contributed by atoms with Crippen molar-refractivity contribution >= 4 is 27.9 Å². The Kier molecular flexibility index (Phi) is 3.90. The van der Waals surface area contributed by atoms with Gasteiger partial charge < -0.3 is 9.15 Å². The van der Waals surface area contributed by atoms with Crippen molar-refractivity contribution in [2.45, 2.75) is 33.6 Å². The van der Waals surface area contributed by atoms with E-state index in [1.54, 1.807) is 18.2 Å². The highest BCUT2D eigenvalue weighted by Crippen LogP contribution is 2.30. The zero-order valence-corrected chi connectivity index (χ0v) is 13.4. The Morgan fingerprint density at radius 2 is 1.78 bits per heavy atom. The second kappa shape index (κ2) is 5.88. The standard InChI is InChI=1S/C19H18O4/c1-4-12-9-10-15-17(21)14-7-6-8-16(22-11(3)20)19(14)23-18(15)13(12)5-2/h6-10H,4-5H2,1-3H3. The van der Waals surface area contributed by atoms with Crippen LogP contribution in [0.2, 0.25) is 0 Å². The van der Waals surface area contributed by atoms with Gasteiger partial charge in [-0.05, 0) is 42.2 Å². The molecule has 23 heavy (non-hydrogen) atoms. The summed E-state index contributed by atoms with van der Waals surface area (Å²) in [4.78, 5) is 24.1. The van der Waals surface area contributed by atoms with Crippen LogP contribution < -0.4 is 10.2 Å². The molecule has 0 atom stereocenters. The van der Waals surface area contributed by atoms with E-state index in [2.05, 4.69) is 6.92 Å². The molecular formula is C19H18O4. The zero-order valence-electron chi connectivity index (χ0n) is 13.4. The lowest BCUT2D eigenvalue weighted by molar-refractivity contribution is -0.131. The minimum Gasteiger partial charge on any atom is -0.452 e. The van der Waals surface area contributed by atoms with Crippen LogP contribution in [0.5, 0.6) is 5.75 Å². The van der Waals surface area contributed by atoms with Crippen LogP contribution in [0.4, 0.5) is 0 Å². The maximum absolute atomic E-state index is 12.8. The highest BCUT2D eigenvalue weighted by atomic mass is 16.5. The highest BCUT2D eigenvalue weighted by molar-refractivity contribution is 5.94. The van der Waals surface area contributed by atoms with E-state index in [4.69, 9.17) is 9.15 Å². The first-order chi connectivity index (χ1) is 11.1. The van der Waals surface area contributed by atoms with Crippen LogP contribution >= 0.6 is 0 Å². The smallest absolute Gasteiger partial charge is 0.308 e.